The van der Waals surface area contributed by atoms with Gasteiger partial charge in [0.15, 0.2) is 16.6 Å². The lowest BCUT2D eigenvalue weighted by Crippen LogP contribution is -2.43. The lowest BCUT2D eigenvalue weighted by molar-refractivity contribution is 0.548. The Morgan fingerprint density at radius 3 is 1.29 bits per heavy atom. The minimum atomic E-state index is -1.52. The summed E-state index contributed by atoms with van der Waals surface area (Å²) >= 11 is 0. The molecular weight excluding hydrogens is 240 g/mol. The first-order valence-corrected chi connectivity index (χ1v) is 12.7. The highest BCUT2D eigenvalue weighted by molar-refractivity contribution is 6.85. The van der Waals surface area contributed by atoms with E-state index in [0.717, 1.165) is 12.1 Å². The second-order valence-corrected chi connectivity index (χ2v) is 15.3. The molecule has 0 heterocycles. The van der Waals surface area contributed by atoms with E-state index in [1.165, 1.54) is 11.1 Å². The molecule has 0 radical (unpaired) electrons. The summed E-state index contributed by atoms with van der Waals surface area (Å²) in [7, 11) is -3.03. The molecular formula is C14H30OSi2. The maximum absolute atomic E-state index is 6.51. The van der Waals surface area contributed by atoms with Crippen LogP contribution < -0.4 is 0 Å². The van der Waals surface area contributed by atoms with Crippen LogP contribution in [-0.4, -0.2) is 16.6 Å². The van der Waals surface area contributed by atoms with Crippen molar-refractivity contribution >= 4 is 16.6 Å². The van der Waals surface area contributed by atoms with Crippen molar-refractivity contribution < 1.29 is 4.12 Å². The van der Waals surface area contributed by atoms with E-state index >= 15 is 0 Å². The zero-order chi connectivity index (χ0) is 13.7. The SMILES string of the molecule is CC(C)=CC[Si](C)(C)O[Si](C)(C)CC=C(C)C. The maximum atomic E-state index is 6.51. The molecule has 0 aliphatic rings. The van der Waals surface area contributed by atoms with Crippen molar-refractivity contribution in [2.75, 3.05) is 0 Å². The van der Waals surface area contributed by atoms with Crippen molar-refractivity contribution in [1.82, 2.24) is 0 Å². The first-order valence-electron chi connectivity index (χ1n) is 6.51. The summed E-state index contributed by atoms with van der Waals surface area (Å²) in [6.45, 7) is 18.0. The van der Waals surface area contributed by atoms with Gasteiger partial charge in [-0.25, -0.2) is 0 Å². The van der Waals surface area contributed by atoms with Gasteiger partial charge in [0.1, 0.15) is 0 Å². The van der Waals surface area contributed by atoms with Gasteiger partial charge in [-0.15, -0.1) is 0 Å². The molecule has 3 heteroatoms. The molecule has 100 valence electrons. The van der Waals surface area contributed by atoms with Gasteiger partial charge < -0.3 is 4.12 Å². The van der Waals surface area contributed by atoms with Crippen LogP contribution in [0.2, 0.25) is 38.3 Å². The smallest absolute Gasteiger partial charge is 0.177 e. The van der Waals surface area contributed by atoms with E-state index in [4.69, 9.17) is 4.12 Å². The minimum absolute atomic E-state index is 1.14. The Labute approximate surface area is 110 Å². The summed E-state index contributed by atoms with van der Waals surface area (Å²) in [5.74, 6) is 0. The molecule has 0 rings (SSSR count). The summed E-state index contributed by atoms with van der Waals surface area (Å²) in [5.41, 5.74) is 2.80. The molecule has 0 spiro atoms. The van der Waals surface area contributed by atoms with E-state index in [1.54, 1.807) is 0 Å². The molecule has 0 atom stereocenters. The predicted molar refractivity (Wildman–Crippen MR) is 84.5 cm³/mol. The zero-order valence-corrected chi connectivity index (χ0v) is 15.0. The summed E-state index contributed by atoms with van der Waals surface area (Å²) in [6.07, 6.45) is 4.66. The fourth-order valence-corrected chi connectivity index (χ4v) is 10.2. The second-order valence-electron chi connectivity index (χ2n) is 6.59. The van der Waals surface area contributed by atoms with E-state index in [-0.39, 0.29) is 0 Å². The molecule has 0 aromatic carbocycles. The highest BCUT2D eigenvalue weighted by Crippen LogP contribution is 2.23. The topological polar surface area (TPSA) is 9.23 Å². The zero-order valence-electron chi connectivity index (χ0n) is 13.0. The van der Waals surface area contributed by atoms with Gasteiger partial charge >= 0.3 is 0 Å². The van der Waals surface area contributed by atoms with Crippen LogP contribution in [0, 0.1) is 0 Å². The average molecular weight is 271 g/mol. The average Bonchev–Trinajstić information content (AvgIpc) is 2.10. The number of allylic oxidation sites excluding steroid dienone is 4. The summed E-state index contributed by atoms with van der Waals surface area (Å²) in [5, 5.41) is 0. The third-order valence-corrected chi connectivity index (χ3v) is 9.35. The first kappa shape index (κ1) is 16.9. The molecule has 0 aromatic heterocycles. The van der Waals surface area contributed by atoms with Crippen LogP contribution in [0.15, 0.2) is 23.3 Å². The van der Waals surface area contributed by atoms with Gasteiger partial charge in [0.2, 0.25) is 0 Å². The minimum Gasteiger partial charge on any atom is -0.455 e. The van der Waals surface area contributed by atoms with Gasteiger partial charge in [-0.05, 0) is 66.0 Å². The molecule has 0 aromatic rings. The third kappa shape index (κ3) is 9.56. The number of hydrogen-bond acceptors (Lipinski definition) is 1. The largest absolute Gasteiger partial charge is 0.455 e. The Bertz CT molecular complexity index is 263. The monoisotopic (exact) mass is 270 g/mol. The third-order valence-electron chi connectivity index (χ3n) is 2.56. The molecule has 0 fully saturated rings. The van der Waals surface area contributed by atoms with Crippen LogP contribution in [-0.2, 0) is 4.12 Å². The summed E-state index contributed by atoms with van der Waals surface area (Å²) < 4.78 is 6.51. The van der Waals surface area contributed by atoms with Gasteiger partial charge in [-0.3, -0.25) is 0 Å². The molecule has 0 amide bonds. The fourth-order valence-electron chi connectivity index (χ4n) is 1.73. The van der Waals surface area contributed by atoms with Gasteiger partial charge in [0.25, 0.3) is 0 Å². The molecule has 17 heavy (non-hydrogen) atoms. The van der Waals surface area contributed by atoms with Gasteiger partial charge in [0.05, 0.1) is 0 Å². The van der Waals surface area contributed by atoms with Crippen molar-refractivity contribution in [3.8, 4) is 0 Å². The van der Waals surface area contributed by atoms with Crippen LogP contribution in [0.1, 0.15) is 27.7 Å². The van der Waals surface area contributed by atoms with Gasteiger partial charge in [-0.2, -0.15) is 0 Å². The normalized spacial score (nSPS) is 12.2. The van der Waals surface area contributed by atoms with Crippen molar-refractivity contribution in [1.29, 1.82) is 0 Å². The van der Waals surface area contributed by atoms with E-state index in [1.807, 2.05) is 0 Å². The molecule has 0 saturated carbocycles. The molecule has 1 nitrogen and oxygen atoms in total. The van der Waals surface area contributed by atoms with Gasteiger partial charge in [0, 0.05) is 0 Å². The Balaban J connectivity index is 4.47. The standard InChI is InChI=1S/C14H30OSi2/c1-13(2)9-11-16(5,6)15-17(7,8)12-10-14(3)4/h9-10H,11-12H2,1-8H3. The Morgan fingerprint density at radius 1 is 0.765 bits per heavy atom. The number of rotatable bonds is 6. The lowest BCUT2D eigenvalue weighted by atomic mass is 10.3. The van der Waals surface area contributed by atoms with Crippen molar-refractivity contribution in [2.24, 2.45) is 0 Å². The Morgan fingerprint density at radius 2 is 1.06 bits per heavy atom. The lowest BCUT2D eigenvalue weighted by Gasteiger charge is -2.33. The van der Waals surface area contributed by atoms with E-state index < -0.39 is 16.6 Å². The van der Waals surface area contributed by atoms with Crippen molar-refractivity contribution in [2.45, 2.75) is 66.0 Å². The highest BCUT2D eigenvalue weighted by atomic mass is 28.4. The summed E-state index contributed by atoms with van der Waals surface area (Å²) in [4.78, 5) is 0. The van der Waals surface area contributed by atoms with Crippen LogP contribution in [0.5, 0.6) is 0 Å². The molecule has 0 bridgehead atoms. The number of hydrogen-bond donors (Lipinski definition) is 0. The Hall–Kier alpha value is -0.126. The second kappa shape index (κ2) is 6.71. The quantitative estimate of drug-likeness (QED) is 0.467. The first-order chi connectivity index (χ1) is 7.54. The molecule has 0 aliphatic carbocycles. The summed E-state index contributed by atoms with van der Waals surface area (Å²) in [6, 6.07) is 2.28. The van der Waals surface area contributed by atoms with E-state index in [2.05, 4.69) is 66.0 Å². The van der Waals surface area contributed by atoms with Crippen LogP contribution in [0.3, 0.4) is 0 Å². The maximum Gasteiger partial charge on any atom is 0.177 e. The van der Waals surface area contributed by atoms with Gasteiger partial charge in [-0.1, -0.05) is 23.3 Å². The predicted octanol–water partition coefficient (Wildman–Crippen LogP) is 5.35. The Kier molecular flexibility index (Phi) is 6.66. The van der Waals surface area contributed by atoms with Crippen LogP contribution in [0.25, 0.3) is 0 Å². The molecule has 0 saturated heterocycles. The van der Waals surface area contributed by atoms with E-state index in [9.17, 15) is 0 Å². The van der Waals surface area contributed by atoms with Crippen molar-refractivity contribution in [3.05, 3.63) is 23.3 Å². The van der Waals surface area contributed by atoms with E-state index in [0.29, 0.717) is 0 Å². The fraction of sp³-hybridized carbons (Fsp3) is 0.714. The molecule has 0 N–H and O–H groups in total. The highest BCUT2D eigenvalue weighted by Gasteiger charge is 2.31. The van der Waals surface area contributed by atoms with Crippen LogP contribution in [0.4, 0.5) is 0 Å². The molecule has 0 unspecified atom stereocenters. The van der Waals surface area contributed by atoms with Crippen molar-refractivity contribution in [3.63, 3.8) is 0 Å². The van der Waals surface area contributed by atoms with Crippen LogP contribution >= 0.6 is 0 Å². The molecule has 0 aliphatic heterocycles.